The first-order valence-electron chi connectivity index (χ1n) is 11.9. The van der Waals surface area contributed by atoms with Crippen molar-refractivity contribution in [2.75, 3.05) is 19.6 Å². The van der Waals surface area contributed by atoms with Gasteiger partial charge in [-0.15, -0.1) is 0 Å². The second kappa shape index (κ2) is 11.7. The minimum absolute atomic E-state index is 0.117. The molecule has 35 heavy (non-hydrogen) atoms. The van der Waals surface area contributed by atoms with Gasteiger partial charge in [0.2, 0.25) is 17.7 Å². The van der Waals surface area contributed by atoms with Gasteiger partial charge in [0, 0.05) is 23.5 Å². The lowest BCUT2D eigenvalue weighted by atomic mass is 10.0. The Morgan fingerprint density at radius 1 is 0.657 bits per heavy atom. The molecule has 1 aromatic rings. The van der Waals surface area contributed by atoms with Gasteiger partial charge in [-0.2, -0.15) is 0 Å². The van der Waals surface area contributed by atoms with Crippen LogP contribution >= 0.6 is 0 Å². The number of nitrogens with zero attached hydrogens (tertiary/aromatic N) is 3. The first kappa shape index (κ1) is 30.1. The van der Waals surface area contributed by atoms with Crippen molar-refractivity contribution in [2.45, 2.75) is 92.5 Å². The Hall–Kier alpha value is -2.90. The molecular formula is C27H43N3O5. The van der Waals surface area contributed by atoms with E-state index in [0.29, 0.717) is 0 Å². The van der Waals surface area contributed by atoms with Crippen molar-refractivity contribution in [3.8, 4) is 0 Å². The van der Waals surface area contributed by atoms with Gasteiger partial charge in [-0.3, -0.25) is 19.2 Å². The monoisotopic (exact) mass is 489 g/mol. The van der Waals surface area contributed by atoms with Gasteiger partial charge in [0.05, 0.1) is 0 Å². The van der Waals surface area contributed by atoms with Crippen LogP contribution in [0.2, 0.25) is 0 Å². The van der Waals surface area contributed by atoms with Crippen LogP contribution in [0.4, 0.5) is 0 Å². The molecule has 0 unspecified atom stereocenters. The number of benzene rings is 1. The highest BCUT2D eigenvalue weighted by Gasteiger charge is 2.36. The molecule has 0 spiro atoms. The van der Waals surface area contributed by atoms with Gasteiger partial charge < -0.3 is 19.4 Å². The Balaban J connectivity index is 3.03. The Kier molecular flexibility index (Phi) is 10.1. The molecule has 0 saturated heterocycles. The first-order chi connectivity index (χ1) is 15.8. The highest BCUT2D eigenvalue weighted by molar-refractivity contribution is 5.90. The van der Waals surface area contributed by atoms with E-state index in [-0.39, 0.29) is 44.0 Å². The smallest absolute Gasteiger partial charge is 0.325 e. The number of carbonyl (C=O) groups excluding carboxylic acids is 4. The molecule has 0 heterocycles. The van der Waals surface area contributed by atoms with Crippen LogP contribution in [0.3, 0.4) is 0 Å². The molecule has 0 aromatic heterocycles. The molecule has 8 nitrogen and oxygen atoms in total. The molecule has 0 atom stereocenters. The van der Waals surface area contributed by atoms with E-state index in [2.05, 4.69) is 0 Å². The quantitative estimate of drug-likeness (QED) is 0.521. The molecule has 0 N–H and O–H groups in total. The SMILES string of the molecule is CC(=O)N(CC(=O)N(CC(=O)N(CC(=O)OCc1ccccc1)C(C)(C)C)C(C)(C)C)C(C)(C)C. The lowest BCUT2D eigenvalue weighted by Gasteiger charge is -2.42. The summed E-state index contributed by atoms with van der Waals surface area (Å²) in [5.74, 6) is -1.45. The van der Waals surface area contributed by atoms with Crippen LogP contribution in [0.15, 0.2) is 30.3 Å². The number of carbonyl (C=O) groups is 4. The van der Waals surface area contributed by atoms with Crippen LogP contribution in [0.1, 0.15) is 74.8 Å². The zero-order valence-corrected chi connectivity index (χ0v) is 23.1. The first-order valence-corrected chi connectivity index (χ1v) is 11.9. The molecule has 0 aliphatic carbocycles. The van der Waals surface area contributed by atoms with Crippen molar-refractivity contribution in [3.63, 3.8) is 0 Å². The molecule has 3 amide bonds. The van der Waals surface area contributed by atoms with Crippen LogP contribution in [0.5, 0.6) is 0 Å². The van der Waals surface area contributed by atoms with Crippen LogP contribution in [0.25, 0.3) is 0 Å². The number of amides is 3. The minimum Gasteiger partial charge on any atom is -0.459 e. The lowest BCUT2D eigenvalue weighted by molar-refractivity contribution is -0.157. The van der Waals surface area contributed by atoms with Crippen molar-refractivity contribution >= 4 is 23.7 Å². The minimum atomic E-state index is -0.676. The maximum Gasteiger partial charge on any atom is 0.325 e. The molecule has 196 valence electrons. The average molecular weight is 490 g/mol. The topological polar surface area (TPSA) is 87.2 Å². The largest absolute Gasteiger partial charge is 0.459 e. The van der Waals surface area contributed by atoms with Gasteiger partial charge in [-0.25, -0.2) is 0 Å². The summed E-state index contributed by atoms with van der Waals surface area (Å²) >= 11 is 0. The number of rotatable bonds is 8. The van der Waals surface area contributed by atoms with Crippen LogP contribution < -0.4 is 0 Å². The van der Waals surface area contributed by atoms with E-state index in [9.17, 15) is 19.2 Å². The van der Waals surface area contributed by atoms with Crippen LogP contribution in [0, 0.1) is 0 Å². The van der Waals surface area contributed by atoms with Gasteiger partial charge in [-0.1, -0.05) is 30.3 Å². The van der Waals surface area contributed by atoms with E-state index in [1.165, 1.54) is 21.6 Å². The van der Waals surface area contributed by atoms with Gasteiger partial charge in [0.25, 0.3) is 0 Å². The molecule has 0 bridgehead atoms. The van der Waals surface area contributed by atoms with E-state index in [1.807, 2.05) is 92.6 Å². The van der Waals surface area contributed by atoms with E-state index >= 15 is 0 Å². The molecule has 0 saturated carbocycles. The molecule has 0 fully saturated rings. The Morgan fingerprint density at radius 2 is 1.06 bits per heavy atom. The molecule has 1 aromatic carbocycles. The molecule has 0 radical (unpaired) electrons. The molecule has 8 heteroatoms. The zero-order chi connectivity index (χ0) is 27.2. The Bertz CT molecular complexity index is 892. The molecule has 1 rings (SSSR count). The summed E-state index contributed by atoms with van der Waals surface area (Å²) in [5.41, 5.74) is -1.04. The maximum absolute atomic E-state index is 13.4. The number of hydrogen-bond donors (Lipinski definition) is 0. The Labute approximate surface area is 210 Å². The fraction of sp³-hybridized carbons (Fsp3) is 0.630. The van der Waals surface area contributed by atoms with Crippen molar-refractivity contribution in [1.82, 2.24) is 14.7 Å². The standard InChI is InChI=1S/C27H43N3O5/c1-20(31)28(25(2,3)4)16-22(32)29(26(5,6)7)17-23(33)30(27(8,9)10)18-24(34)35-19-21-14-12-11-13-15-21/h11-15H,16-19H2,1-10H3. The number of hydrogen-bond acceptors (Lipinski definition) is 5. The normalized spacial score (nSPS) is 12.1. The summed E-state index contributed by atoms with van der Waals surface area (Å²) in [5, 5.41) is 0. The summed E-state index contributed by atoms with van der Waals surface area (Å²) < 4.78 is 5.38. The van der Waals surface area contributed by atoms with Crippen molar-refractivity contribution in [1.29, 1.82) is 0 Å². The summed E-state index contributed by atoms with van der Waals surface area (Å²) in [6, 6.07) is 9.31. The van der Waals surface area contributed by atoms with Gasteiger partial charge in [0.1, 0.15) is 26.2 Å². The predicted octanol–water partition coefficient (Wildman–Crippen LogP) is 3.63. The summed E-state index contributed by atoms with van der Waals surface area (Å²) in [4.78, 5) is 55.9. The highest BCUT2D eigenvalue weighted by Crippen LogP contribution is 2.20. The third-order valence-corrected chi connectivity index (χ3v) is 5.53. The lowest BCUT2D eigenvalue weighted by Crippen LogP contribution is -2.58. The third kappa shape index (κ3) is 9.70. The summed E-state index contributed by atoms with van der Waals surface area (Å²) in [7, 11) is 0. The predicted molar refractivity (Wildman–Crippen MR) is 136 cm³/mol. The highest BCUT2D eigenvalue weighted by atomic mass is 16.5. The summed E-state index contributed by atoms with van der Waals surface area (Å²) in [6.07, 6.45) is 0. The molecular weight excluding hydrogens is 446 g/mol. The van der Waals surface area contributed by atoms with E-state index in [4.69, 9.17) is 4.74 Å². The van der Waals surface area contributed by atoms with Crippen LogP contribution in [-0.4, -0.2) is 74.6 Å². The third-order valence-electron chi connectivity index (χ3n) is 5.53. The Morgan fingerprint density at radius 3 is 1.46 bits per heavy atom. The second-order valence-corrected chi connectivity index (χ2v) is 11.7. The van der Waals surface area contributed by atoms with Crippen molar-refractivity contribution in [3.05, 3.63) is 35.9 Å². The van der Waals surface area contributed by atoms with Crippen molar-refractivity contribution in [2.24, 2.45) is 0 Å². The van der Waals surface area contributed by atoms with Gasteiger partial charge >= 0.3 is 5.97 Å². The summed E-state index contributed by atoms with van der Waals surface area (Å²) in [6.45, 7) is 17.5. The van der Waals surface area contributed by atoms with Gasteiger partial charge in [-0.05, 0) is 67.9 Å². The van der Waals surface area contributed by atoms with Crippen LogP contribution in [-0.2, 0) is 30.5 Å². The average Bonchev–Trinajstić information content (AvgIpc) is 2.70. The molecule has 0 aliphatic rings. The second-order valence-electron chi connectivity index (χ2n) is 11.7. The van der Waals surface area contributed by atoms with Crippen molar-refractivity contribution < 1.29 is 23.9 Å². The number of ether oxygens (including phenoxy) is 1. The number of esters is 1. The zero-order valence-electron chi connectivity index (χ0n) is 23.1. The fourth-order valence-electron chi connectivity index (χ4n) is 3.57. The van der Waals surface area contributed by atoms with E-state index in [0.717, 1.165) is 5.56 Å². The fourth-order valence-corrected chi connectivity index (χ4v) is 3.57. The maximum atomic E-state index is 13.4. The van der Waals surface area contributed by atoms with E-state index < -0.39 is 22.6 Å². The molecule has 0 aliphatic heterocycles. The van der Waals surface area contributed by atoms with Gasteiger partial charge in [0.15, 0.2) is 0 Å². The van der Waals surface area contributed by atoms with E-state index in [1.54, 1.807) is 0 Å².